The molecule has 7 heavy (non-hydrogen) atoms. The third kappa shape index (κ3) is 0.817. The van der Waals surface area contributed by atoms with Crippen molar-refractivity contribution in [1.29, 1.82) is 0 Å². The standard InChI is InChI=1S/C6H13P/c1-4-6(3)5(2)7-6/h5,7H,4H2,1-3H3. The highest BCUT2D eigenvalue weighted by atomic mass is 31.1. The molecule has 0 aromatic carbocycles. The van der Waals surface area contributed by atoms with E-state index in [1.807, 2.05) is 0 Å². The Labute approximate surface area is 47.5 Å². The second-order valence-corrected chi connectivity index (χ2v) is 4.93. The molecule has 0 aromatic rings. The number of hydrogen-bond donors (Lipinski definition) is 0. The van der Waals surface area contributed by atoms with Crippen LogP contribution in [0, 0.1) is 0 Å². The van der Waals surface area contributed by atoms with Crippen molar-refractivity contribution in [3.05, 3.63) is 0 Å². The van der Waals surface area contributed by atoms with Crippen LogP contribution >= 0.6 is 8.58 Å². The van der Waals surface area contributed by atoms with Gasteiger partial charge < -0.3 is 0 Å². The fourth-order valence-electron chi connectivity index (χ4n) is 0.861. The maximum Gasteiger partial charge on any atom is -0.00875 e. The molecule has 1 rings (SSSR count). The molecule has 1 aliphatic rings. The zero-order valence-corrected chi connectivity index (χ0v) is 6.28. The van der Waals surface area contributed by atoms with Crippen molar-refractivity contribution in [2.75, 3.05) is 0 Å². The van der Waals surface area contributed by atoms with E-state index in [4.69, 9.17) is 0 Å². The highest BCUT2D eigenvalue weighted by molar-refractivity contribution is 7.50. The van der Waals surface area contributed by atoms with E-state index >= 15 is 0 Å². The van der Waals surface area contributed by atoms with Crippen LogP contribution in [-0.4, -0.2) is 10.8 Å². The Hall–Kier alpha value is 0.430. The summed E-state index contributed by atoms with van der Waals surface area (Å²) in [6.45, 7) is 7.02. The van der Waals surface area contributed by atoms with Gasteiger partial charge in [-0.3, -0.25) is 0 Å². The fourth-order valence-corrected chi connectivity index (χ4v) is 2.18. The second-order valence-electron chi connectivity index (χ2n) is 2.64. The van der Waals surface area contributed by atoms with Crippen molar-refractivity contribution in [3.8, 4) is 0 Å². The number of hydrogen-bond acceptors (Lipinski definition) is 0. The van der Waals surface area contributed by atoms with Gasteiger partial charge in [0.2, 0.25) is 0 Å². The van der Waals surface area contributed by atoms with Crippen LogP contribution in [0.2, 0.25) is 0 Å². The first-order chi connectivity index (χ1) is 3.19. The Morgan fingerprint density at radius 2 is 2.14 bits per heavy atom. The lowest BCUT2D eigenvalue weighted by molar-refractivity contribution is 0.693. The maximum absolute atomic E-state index is 2.39. The zero-order valence-electron chi connectivity index (χ0n) is 5.28. The van der Waals surface area contributed by atoms with Crippen LogP contribution in [0.1, 0.15) is 27.2 Å². The molecule has 0 nitrogen and oxygen atoms in total. The fraction of sp³-hybridized carbons (Fsp3) is 1.00. The highest BCUT2D eigenvalue weighted by Gasteiger charge is 2.44. The lowest BCUT2D eigenvalue weighted by Crippen LogP contribution is -2.02. The van der Waals surface area contributed by atoms with Gasteiger partial charge in [0.1, 0.15) is 0 Å². The summed E-state index contributed by atoms with van der Waals surface area (Å²) in [6, 6.07) is 0. The van der Waals surface area contributed by atoms with E-state index in [9.17, 15) is 0 Å². The molecule has 1 heteroatoms. The molecule has 1 aliphatic heterocycles. The summed E-state index contributed by atoms with van der Waals surface area (Å²) in [4.78, 5) is 0. The van der Waals surface area contributed by atoms with Gasteiger partial charge in [-0.2, -0.15) is 0 Å². The van der Waals surface area contributed by atoms with Crippen molar-refractivity contribution in [3.63, 3.8) is 0 Å². The van der Waals surface area contributed by atoms with Crippen molar-refractivity contribution in [2.24, 2.45) is 0 Å². The predicted molar refractivity (Wildman–Crippen MR) is 36.5 cm³/mol. The van der Waals surface area contributed by atoms with Crippen molar-refractivity contribution < 1.29 is 0 Å². The molecule has 42 valence electrons. The molecule has 0 amide bonds. The monoisotopic (exact) mass is 116 g/mol. The first-order valence-corrected chi connectivity index (χ1v) is 4.04. The van der Waals surface area contributed by atoms with Gasteiger partial charge >= 0.3 is 0 Å². The summed E-state index contributed by atoms with van der Waals surface area (Å²) in [5.41, 5.74) is 1.04. The van der Waals surface area contributed by atoms with Gasteiger partial charge in [0.15, 0.2) is 0 Å². The molecule has 0 aliphatic carbocycles. The van der Waals surface area contributed by atoms with Crippen LogP contribution < -0.4 is 0 Å². The molecule has 1 fully saturated rings. The van der Waals surface area contributed by atoms with Crippen LogP contribution in [0.25, 0.3) is 0 Å². The minimum Gasteiger partial charge on any atom is -0.112 e. The van der Waals surface area contributed by atoms with Crippen molar-refractivity contribution >= 4 is 8.58 Å². The Balaban J connectivity index is 2.36. The SMILES string of the molecule is CCC1(C)PC1C. The van der Waals surface area contributed by atoms with Gasteiger partial charge in [-0.1, -0.05) is 20.8 Å². The zero-order chi connectivity index (χ0) is 5.49. The van der Waals surface area contributed by atoms with Gasteiger partial charge in [0.25, 0.3) is 0 Å². The summed E-state index contributed by atoms with van der Waals surface area (Å²) in [5, 5.41) is 0.778. The van der Waals surface area contributed by atoms with Crippen LogP contribution in [0.15, 0.2) is 0 Å². The average molecular weight is 116 g/mol. The van der Waals surface area contributed by atoms with E-state index in [2.05, 4.69) is 20.8 Å². The lowest BCUT2D eigenvalue weighted by Gasteiger charge is -1.99. The van der Waals surface area contributed by atoms with Gasteiger partial charge in [0.05, 0.1) is 0 Å². The molecule has 1 saturated heterocycles. The molecule has 3 unspecified atom stereocenters. The smallest absolute Gasteiger partial charge is 0.00875 e. The Morgan fingerprint density at radius 1 is 1.71 bits per heavy atom. The lowest BCUT2D eigenvalue weighted by atomic mass is 10.1. The molecule has 0 N–H and O–H groups in total. The van der Waals surface area contributed by atoms with Gasteiger partial charge in [-0.15, -0.1) is 8.58 Å². The summed E-state index contributed by atoms with van der Waals surface area (Å²) in [7, 11) is 1.25. The van der Waals surface area contributed by atoms with Gasteiger partial charge in [0, 0.05) is 0 Å². The first-order valence-electron chi connectivity index (χ1n) is 2.97. The Kier molecular flexibility index (Phi) is 1.15. The molecular weight excluding hydrogens is 103 g/mol. The molecular formula is C6H13P. The topological polar surface area (TPSA) is 0 Å². The van der Waals surface area contributed by atoms with Gasteiger partial charge in [-0.05, 0) is 17.2 Å². The second kappa shape index (κ2) is 1.45. The van der Waals surface area contributed by atoms with E-state index in [-0.39, 0.29) is 0 Å². The first kappa shape index (κ1) is 5.56. The third-order valence-corrected chi connectivity index (χ3v) is 4.36. The van der Waals surface area contributed by atoms with Crippen molar-refractivity contribution in [1.82, 2.24) is 0 Å². The predicted octanol–water partition coefficient (Wildman–Crippen LogP) is 2.24. The Morgan fingerprint density at radius 3 is 2.14 bits per heavy atom. The summed E-state index contributed by atoms with van der Waals surface area (Å²) < 4.78 is 0. The van der Waals surface area contributed by atoms with E-state index in [0.717, 1.165) is 10.8 Å². The molecule has 0 bridgehead atoms. The number of rotatable bonds is 1. The molecule has 0 spiro atoms. The quantitative estimate of drug-likeness (QED) is 0.461. The van der Waals surface area contributed by atoms with E-state index in [1.54, 1.807) is 0 Å². The van der Waals surface area contributed by atoms with E-state index in [0.29, 0.717) is 0 Å². The minimum atomic E-state index is 0.778. The van der Waals surface area contributed by atoms with Crippen LogP contribution in [0.4, 0.5) is 0 Å². The normalized spacial score (nSPS) is 52.7. The largest absolute Gasteiger partial charge is 0.112 e. The van der Waals surface area contributed by atoms with Crippen LogP contribution in [-0.2, 0) is 0 Å². The van der Waals surface area contributed by atoms with E-state index in [1.165, 1.54) is 15.0 Å². The molecule has 0 radical (unpaired) electrons. The summed E-state index contributed by atoms with van der Waals surface area (Å²) >= 11 is 0. The molecule has 1 heterocycles. The summed E-state index contributed by atoms with van der Waals surface area (Å²) in [6.07, 6.45) is 1.38. The van der Waals surface area contributed by atoms with Crippen molar-refractivity contribution in [2.45, 2.75) is 38.0 Å². The van der Waals surface area contributed by atoms with Crippen LogP contribution in [0.5, 0.6) is 0 Å². The molecule has 0 saturated carbocycles. The van der Waals surface area contributed by atoms with Crippen LogP contribution in [0.3, 0.4) is 0 Å². The van der Waals surface area contributed by atoms with Gasteiger partial charge in [-0.25, -0.2) is 0 Å². The minimum absolute atomic E-state index is 0.778. The third-order valence-electron chi connectivity index (χ3n) is 2.15. The summed E-state index contributed by atoms with van der Waals surface area (Å²) in [5.74, 6) is 0. The average Bonchev–Trinajstić information content (AvgIpc) is 2.18. The van der Waals surface area contributed by atoms with E-state index < -0.39 is 0 Å². The highest BCUT2D eigenvalue weighted by Crippen LogP contribution is 2.61. The molecule has 0 aromatic heterocycles. The Bertz CT molecular complexity index is 76.2. The molecule has 3 atom stereocenters. The maximum atomic E-state index is 2.39.